The van der Waals surface area contributed by atoms with Crippen molar-refractivity contribution in [3.8, 4) is 0 Å². The smallest absolute Gasteiger partial charge is 0.340 e. The van der Waals surface area contributed by atoms with Gasteiger partial charge < -0.3 is 9.47 Å². The molecule has 5 heterocycles. The minimum atomic E-state index is -0.161. The highest BCUT2D eigenvalue weighted by atomic mass is 16.5. The molecule has 0 amide bonds. The predicted molar refractivity (Wildman–Crippen MR) is 101 cm³/mol. The van der Waals surface area contributed by atoms with Crippen molar-refractivity contribution < 1.29 is 14.0 Å². The Morgan fingerprint density at radius 1 is 0.962 bits per heavy atom. The van der Waals surface area contributed by atoms with Gasteiger partial charge in [-0.2, -0.15) is 0 Å². The van der Waals surface area contributed by atoms with Crippen LogP contribution in [-0.2, 0) is 9.47 Å². The van der Waals surface area contributed by atoms with Gasteiger partial charge in [0.15, 0.2) is 11.4 Å². The van der Waals surface area contributed by atoms with Crippen molar-refractivity contribution >= 4 is 5.96 Å². The maximum absolute atomic E-state index is 6.71. The Kier molecular flexibility index (Phi) is 4.24. The van der Waals surface area contributed by atoms with Gasteiger partial charge in [-0.1, -0.05) is 13.3 Å². The van der Waals surface area contributed by atoms with E-state index >= 15 is 0 Å². The van der Waals surface area contributed by atoms with Gasteiger partial charge in [0.1, 0.15) is 0 Å². The van der Waals surface area contributed by atoms with Crippen LogP contribution in [0, 0.1) is 0 Å². The highest BCUT2D eigenvalue weighted by Crippen LogP contribution is 2.43. The standard InChI is InChI=1S/C21H35N3O2/c1-3-6-18-8-5-12-21(26-18)14-17-10-9-16-13-20(11-4-7-15(2)25-20)22-19(23-21)24(16)17/h15-18H,3-14H2,1-2H3,(H,22,23)/p+1/t15-,16-,17+,18+,20-,21+/m1/s1. The van der Waals surface area contributed by atoms with Crippen LogP contribution in [-0.4, -0.2) is 46.3 Å². The van der Waals surface area contributed by atoms with E-state index in [1.807, 2.05) is 0 Å². The molecule has 5 nitrogen and oxygen atoms in total. The Morgan fingerprint density at radius 2 is 1.62 bits per heavy atom. The normalized spacial score (nSPS) is 47.6. The molecule has 3 fully saturated rings. The quantitative estimate of drug-likeness (QED) is 0.741. The van der Waals surface area contributed by atoms with E-state index in [4.69, 9.17) is 9.47 Å². The Hall–Kier alpha value is -0.810. The average molecular weight is 363 g/mol. The predicted octanol–water partition coefficient (Wildman–Crippen LogP) is 3.22. The molecular formula is C21H36N3O2+. The molecule has 5 heteroatoms. The van der Waals surface area contributed by atoms with Gasteiger partial charge in [-0.15, -0.1) is 0 Å². The second-order valence-corrected chi connectivity index (χ2v) is 9.53. The summed E-state index contributed by atoms with van der Waals surface area (Å²) in [5.41, 5.74) is -0.318. The first-order chi connectivity index (χ1) is 12.6. The largest absolute Gasteiger partial charge is 0.350 e. The van der Waals surface area contributed by atoms with Crippen molar-refractivity contribution in [2.24, 2.45) is 0 Å². The summed E-state index contributed by atoms with van der Waals surface area (Å²) in [5, 5.41) is 7.73. The zero-order valence-corrected chi connectivity index (χ0v) is 16.6. The number of nitrogens with one attached hydrogen (secondary N) is 2. The lowest BCUT2D eigenvalue weighted by Crippen LogP contribution is -2.72. The molecule has 3 saturated heterocycles. The third kappa shape index (κ3) is 2.86. The number of ether oxygens (including phenoxy) is 2. The lowest BCUT2D eigenvalue weighted by Gasteiger charge is -2.49. The molecule has 0 aromatic carbocycles. The van der Waals surface area contributed by atoms with Gasteiger partial charge >= 0.3 is 5.96 Å². The van der Waals surface area contributed by atoms with Crippen molar-refractivity contribution in [3.05, 3.63) is 0 Å². The van der Waals surface area contributed by atoms with Crippen LogP contribution in [0.15, 0.2) is 0 Å². The third-order valence-electron chi connectivity index (χ3n) is 7.43. The molecule has 5 aliphatic rings. The van der Waals surface area contributed by atoms with Gasteiger partial charge in [-0.3, -0.25) is 4.58 Å². The molecule has 0 saturated carbocycles. The highest BCUT2D eigenvalue weighted by molar-refractivity contribution is 5.77. The molecule has 5 rings (SSSR count). The van der Waals surface area contributed by atoms with Crippen molar-refractivity contribution in [2.75, 3.05) is 0 Å². The summed E-state index contributed by atoms with van der Waals surface area (Å²) >= 11 is 0. The van der Waals surface area contributed by atoms with Crippen molar-refractivity contribution in [1.82, 2.24) is 10.6 Å². The average Bonchev–Trinajstić information content (AvgIpc) is 2.97. The number of rotatable bonds is 2. The summed E-state index contributed by atoms with van der Waals surface area (Å²) in [6.07, 6.45) is 15.3. The van der Waals surface area contributed by atoms with Gasteiger partial charge in [-0.25, -0.2) is 10.6 Å². The molecule has 2 N–H and O–H groups in total. The van der Waals surface area contributed by atoms with Crippen molar-refractivity contribution in [2.45, 2.75) is 127 Å². The second-order valence-electron chi connectivity index (χ2n) is 9.53. The first-order valence-corrected chi connectivity index (χ1v) is 11.2. The molecule has 0 aromatic heterocycles. The SMILES string of the molecule is CCC[C@H]1CCC[C@@]2(C[C@@H]3CC[C@@H]4C[C@]5(CCC[C@@H](C)O5)NC(=[N+]43)N2)O1. The van der Waals surface area contributed by atoms with E-state index in [-0.39, 0.29) is 11.4 Å². The van der Waals surface area contributed by atoms with E-state index in [0.29, 0.717) is 24.3 Å². The summed E-state index contributed by atoms with van der Waals surface area (Å²) in [4.78, 5) is 0. The van der Waals surface area contributed by atoms with Crippen molar-refractivity contribution in [1.29, 1.82) is 0 Å². The lowest BCUT2D eigenvalue weighted by atomic mass is 9.89. The minimum absolute atomic E-state index is 0.157. The number of hydrogen-bond donors (Lipinski definition) is 2. The highest BCUT2D eigenvalue weighted by Gasteiger charge is 2.57. The van der Waals surface area contributed by atoms with Gasteiger partial charge in [0, 0.05) is 25.7 Å². The van der Waals surface area contributed by atoms with Crippen LogP contribution in [0.25, 0.3) is 0 Å². The number of guanidine groups is 1. The van der Waals surface area contributed by atoms with Crippen LogP contribution < -0.4 is 10.6 Å². The van der Waals surface area contributed by atoms with Gasteiger partial charge in [0.2, 0.25) is 0 Å². The molecular weight excluding hydrogens is 326 g/mol. The zero-order valence-electron chi connectivity index (χ0n) is 16.6. The Labute approximate surface area is 157 Å². The van der Waals surface area contributed by atoms with Crippen LogP contribution >= 0.6 is 0 Å². The summed E-state index contributed by atoms with van der Waals surface area (Å²) in [5.74, 6) is 1.21. The molecule has 6 atom stereocenters. The van der Waals surface area contributed by atoms with Crippen LogP contribution in [0.5, 0.6) is 0 Å². The molecule has 26 heavy (non-hydrogen) atoms. The Morgan fingerprint density at radius 3 is 2.27 bits per heavy atom. The first kappa shape index (κ1) is 17.3. The number of nitrogens with zero attached hydrogens (tertiary/aromatic N) is 1. The monoisotopic (exact) mass is 362 g/mol. The summed E-state index contributed by atoms with van der Waals surface area (Å²) in [6, 6.07) is 1.25. The summed E-state index contributed by atoms with van der Waals surface area (Å²) in [7, 11) is 0. The van der Waals surface area contributed by atoms with E-state index in [2.05, 4.69) is 29.1 Å². The molecule has 0 bridgehead atoms. The molecule has 146 valence electrons. The fourth-order valence-electron chi connectivity index (χ4n) is 6.42. The van der Waals surface area contributed by atoms with Crippen LogP contribution in [0.3, 0.4) is 0 Å². The Bertz CT molecular complexity index is 592. The topological polar surface area (TPSA) is 45.5 Å². The van der Waals surface area contributed by atoms with E-state index < -0.39 is 0 Å². The van der Waals surface area contributed by atoms with E-state index in [0.717, 1.165) is 25.7 Å². The third-order valence-corrected chi connectivity index (χ3v) is 7.43. The fourth-order valence-corrected chi connectivity index (χ4v) is 6.42. The zero-order chi connectivity index (χ0) is 17.8. The molecule has 0 aliphatic carbocycles. The lowest BCUT2D eigenvalue weighted by molar-refractivity contribution is -0.603. The molecule has 5 aliphatic heterocycles. The second kappa shape index (κ2) is 6.37. The summed E-state index contributed by atoms with van der Waals surface area (Å²) < 4.78 is 15.9. The minimum Gasteiger partial charge on any atom is -0.340 e. The maximum Gasteiger partial charge on any atom is 0.350 e. The van der Waals surface area contributed by atoms with Crippen LogP contribution in [0.1, 0.15) is 90.9 Å². The fraction of sp³-hybridized carbons (Fsp3) is 0.952. The van der Waals surface area contributed by atoms with Crippen LogP contribution in [0.4, 0.5) is 0 Å². The number of hydrogen-bond acceptors (Lipinski definition) is 4. The molecule has 0 aromatic rings. The molecule has 2 spiro atoms. The van der Waals surface area contributed by atoms with E-state index in [1.54, 1.807) is 0 Å². The summed E-state index contributed by atoms with van der Waals surface area (Å²) in [6.45, 7) is 4.50. The van der Waals surface area contributed by atoms with Gasteiger partial charge in [-0.05, 0) is 51.9 Å². The van der Waals surface area contributed by atoms with E-state index in [9.17, 15) is 0 Å². The first-order valence-electron chi connectivity index (χ1n) is 11.2. The maximum atomic E-state index is 6.71. The van der Waals surface area contributed by atoms with Crippen molar-refractivity contribution in [3.63, 3.8) is 0 Å². The molecule has 0 unspecified atom stereocenters. The molecule has 0 radical (unpaired) electrons. The van der Waals surface area contributed by atoms with Gasteiger partial charge in [0.25, 0.3) is 0 Å². The van der Waals surface area contributed by atoms with E-state index in [1.165, 1.54) is 57.3 Å². The Balaban J connectivity index is 1.42. The van der Waals surface area contributed by atoms with Crippen LogP contribution in [0.2, 0.25) is 0 Å². The van der Waals surface area contributed by atoms with Gasteiger partial charge in [0.05, 0.1) is 24.3 Å².